The fourth-order valence-corrected chi connectivity index (χ4v) is 8.73. The van der Waals surface area contributed by atoms with Crippen LogP contribution in [0.4, 0.5) is 0 Å². The lowest BCUT2D eigenvalue weighted by molar-refractivity contribution is -0.303. The molecule has 1 saturated heterocycles. The Morgan fingerprint density at radius 3 is 1.34 bits per heavy atom. The van der Waals surface area contributed by atoms with E-state index in [0.29, 0.717) is 12.8 Å². The number of aliphatic hydroxyl groups is 7. The number of allylic oxidation sites excluding steroid dienone is 4. The van der Waals surface area contributed by atoms with Gasteiger partial charge in [0.05, 0.1) is 25.4 Å². The van der Waals surface area contributed by atoms with Crippen LogP contribution in [0.2, 0.25) is 0 Å². The van der Waals surface area contributed by atoms with E-state index in [1.165, 1.54) is 148 Å². The smallest absolute Gasteiger partial charge is 0.249 e. The molecule has 384 valence electrons. The van der Waals surface area contributed by atoms with Crippen molar-refractivity contribution in [2.45, 2.75) is 300 Å². The van der Waals surface area contributed by atoms with E-state index < -0.39 is 74.2 Å². The maximum atomic E-state index is 13.1. The van der Waals surface area contributed by atoms with E-state index in [9.17, 15) is 40.5 Å². The van der Waals surface area contributed by atoms with Crippen molar-refractivity contribution in [3.05, 3.63) is 24.3 Å². The molecule has 0 aromatic rings. The van der Waals surface area contributed by atoms with Crippen molar-refractivity contribution in [3.63, 3.8) is 0 Å². The van der Waals surface area contributed by atoms with Crippen molar-refractivity contribution in [1.29, 1.82) is 0 Å². The lowest BCUT2D eigenvalue weighted by Crippen LogP contribution is -2.60. The molecule has 1 fully saturated rings. The first-order valence-corrected chi connectivity index (χ1v) is 27.2. The van der Waals surface area contributed by atoms with Crippen molar-refractivity contribution in [2.75, 3.05) is 13.2 Å². The first kappa shape index (κ1) is 61.6. The van der Waals surface area contributed by atoms with Gasteiger partial charge in [-0.1, -0.05) is 205 Å². The highest BCUT2D eigenvalue weighted by Crippen LogP contribution is 2.23. The van der Waals surface area contributed by atoms with Gasteiger partial charge in [-0.2, -0.15) is 0 Å². The van der Waals surface area contributed by atoms with Gasteiger partial charge in [0.2, 0.25) is 5.91 Å². The molecule has 1 aliphatic rings. The number of amides is 1. The van der Waals surface area contributed by atoms with E-state index in [2.05, 4.69) is 43.5 Å². The van der Waals surface area contributed by atoms with Gasteiger partial charge >= 0.3 is 0 Å². The molecule has 0 bridgehead atoms. The van der Waals surface area contributed by atoms with E-state index in [4.69, 9.17) is 9.47 Å². The van der Waals surface area contributed by atoms with Gasteiger partial charge in [-0.15, -0.1) is 0 Å². The van der Waals surface area contributed by atoms with Crippen LogP contribution in [-0.4, -0.2) is 110 Å². The van der Waals surface area contributed by atoms with Gasteiger partial charge in [-0.05, 0) is 64.2 Å². The standard InChI is InChI=1S/C54H103NO10/c1-3-5-7-9-11-13-15-17-19-20-21-22-23-24-25-26-27-28-30-31-33-35-37-39-41-46(57)49(59)45(44-64-54-52(62)51(61)50(60)48(43-56)65-54)55-53(63)47(58)42-40-38-36-34-32-29-18-16-14-12-10-8-6-4-2/h14,16,33,35,45-52,54,56-62H,3-13,15,17-32,34,36-44H2,1-2H3,(H,55,63)/b16-14-,35-33+. The van der Waals surface area contributed by atoms with Gasteiger partial charge in [-0.25, -0.2) is 0 Å². The predicted molar refractivity (Wildman–Crippen MR) is 266 cm³/mol. The Kier molecular flexibility index (Phi) is 41.6. The number of nitrogens with one attached hydrogen (secondary N) is 1. The molecule has 1 aliphatic heterocycles. The maximum absolute atomic E-state index is 13.1. The lowest BCUT2D eigenvalue weighted by atomic mass is 9.98. The van der Waals surface area contributed by atoms with Crippen LogP contribution >= 0.6 is 0 Å². The van der Waals surface area contributed by atoms with Gasteiger partial charge in [0.15, 0.2) is 6.29 Å². The number of rotatable bonds is 46. The molecule has 11 nitrogen and oxygen atoms in total. The SMILES string of the molecule is CCCCCC/C=C\CCCCCCCCC(O)C(=O)NC(COC1OC(CO)C(O)C(O)C1O)C(O)C(O)CCC/C=C/CCCCCCCCCCCCCCCCCCCCC. The summed E-state index contributed by atoms with van der Waals surface area (Å²) in [5.41, 5.74) is 0. The summed E-state index contributed by atoms with van der Waals surface area (Å²) < 4.78 is 11.1. The summed E-state index contributed by atoms with van der Waals surface area (Å²) in [4.78, 5) is 13.1. The third-order valence-corrected chi connectivity index (χ3v) is 13.2. The van der Waals surface area contributed by atoms with Gasteiger partial charge in [-0.3, -0.25) is 4.79 Å². The third kappa shape index (κ3) is 32.9. The predicted octanol–water partition coefficient (Wildman–Crippen LogP) is 10.6. The van der Waals surface area contributed by atoms with E-state index in [1.54, 1.807) is 0 Å². The molecule has 0 spiro atoms. The number of unbranched alkanes of at least 4 members (excludes halogenated alkanes) is 30. The molecule has 1 heterocycles. The number of carbonyl (C=O) groups is 1. The molecule has 11 heteroatoms. The second kappa shape index (κ2) is 43.8. The molecule has 0 radical (unpaired) electrons. The average molecular weight is 926 g/mol. The highest BCUT2D eigenvalue weighted by atomic mass is 16.7. The molecule has 0 saturated carbocycles. The summed E-state index contributed by atoms with van der Waals surface area (Å²) in [6, 6.07) is -1.19. The molecule has 0 aliphatic carbocycles. The van der Waals surface area contributed by atoms with Gasteiger partial charge in [0.1, 0.15) is 36.6 Å². The minimum atomic E-state index is -1.67. The Morgan fingerprint density at radius 2 is 0.908 bits per heavy atom. The number of aliphatic hydroxyl groups excluding tert-OH is 7. The largest absolute Gasteiger partial charge is 0.394 e. The molecule has 9 unspecified atom stereocenters. The summed E-state index contributed by atoms with van der Waals surface area (Å²) >= 11 is 0. The molecular weight excluding hydrogens is 823 g/mol. The highest BCUT2D eigenvalue weighted by molar-refractivity contribution is 5.80. The van der Waals surface area contributed by atoms with Crippen molar-refractivity contribution in [1.82, 2.24) is 5.32 Å². The molecule has 0 aromatic heterocycles. The van der Waals surface area contributed by atoms with Gasteiger partial charge in [0.25, 0.3) is 0 Å². The van der Waals surface area contributed by atoms with Crippen molar-refractivity contribution >= 4 is 5.91 Å². The average Bonchev–Trinajstić information content (AvgIpc) is 3.31. The van der Waals surface area contributed by atoms with E-state index >= 15 is 0 Å². The van der Waals surface area contributed by atoms with Crippen molar-refractivity contribution in [2.24, 2.45) is 0 Å². The van der Waals surface area contributed by atoms with Gasteiger partial charge < -0.3 is 50.5 Å². The number of hydrogen-bond acceptors (Lipinski definition) is 10. The van der Waals surface area contributed by atoms with Crippen LogP contribution < -0.4 is 5.32 Å². The fraction of sp³-hybridized carbons (Fsp3) is 0.907. The Labute approximate surface area is 397 Å². The monoisotopic (exact) mass is 926 g/mol. The normalized spacial score (nSPS) is 21.0. The minimum Gasteiger partial charge on any atom is -0.394 e. The molecule has 1 rings (SSSR count). The summed E-state index contributed by atoms with van der Waals surface area (Å²) in [5, 5.41) is 75.9. The van der Waals surface area contributed by atoms with E-state index in [0.717, 1.165) is 57.8 Å². The molecule has 65 heavy (non-hydrogen) atoms. The van der Waals surface area contributed by atoms with Crippen molar-refractivity contribution in [3.8, 4) is 0 Å². The molecular formula is C54H103NO10. The maximum Gasteiger partial charge on any atom is 0.249 e. The van der Waals surface area contributed by atoms with Crippen LogP contribution in [0.1, 0.15) is 245 Å². The zero-order valence-corrected chi connectivity index (χ0v) is 41.7. The van der Waals surface area contributed by atoms with Crippen LogP contribution in [0, 0.1) is 0 Å². The first-order chi connectivity index (χ1) is 31.7. The molecule has 1 amide bonds. The summed E-state index contributed by atoms with van der Waals surface area (Å²) in [5.74, 6) is -0.710. The van der Waals surface area contributed by atoms with Crippen LogP contribution in [0.25, 0.3) is 0 Å². The molecule has 9 atom stereocenters. The molecule has 8 N–H and O–H groups in total. The Balaban J connectivity index is 2.35. The number of ether oxygens (including phenoxy) is 2. The second-order valence-electron chi connectivity index (χ2n) is 19.3. The van der Waals surface area contributed by atoms with Crippen molar-refractivity contribution < 1.29 is 50.0 Å². The zero-order valence-electron chi connectivity index (χ0n) is 41.7. The van der Waals surface area contributed by atoms with E-state index in [1.807, 2.05) is 0 Å². The van der Waals surface area contributed by atoms with Crippen LogP contribution in [0.15, 0.2) is 24.3 Å². The number of hydrogen-bond donors (Lipinski definition) is 8. The molecule has 0 aromatic carbocycles. The van der Waals surface area contributed by atoms with Crippen LogP contribution in [-0.2, 0) is 14.3 Å². The minimum absolute atomic E-state index is 0.247. The Hall–Kier alpha value is -1.41. The summed E-state index contributed by atoms with van der Waals surface area (Å²) in [6.07, 6.45) is 39.5. The fourth-order valence-electron chi connectivity index (χ4n) is 8.73. The summed E-state index contributed by atoms with van der Waals surface area (Å²) in [6.45, 7) is 3.43. The van der Waals surface area contributed by atoms with E-state index in [-0.39, 0.29) is 12.8 Å². The Morgan fingerprint density at radius 1 is 0.523 bits per heavy atom. The van der Waals surface area contributed by atoms with Crippen LogP contribution in [0.5, 0.6) is 0 Å². The van der Waals surface area contributed by atoms with Gasteiger partial charge in [0, 0.05) is 0 Å². The second-order valence-corrected chi connectivity index (χ2v) is 19.3. The first-order valence-electron chi connectivity index (χ1n) is 27.2. The zero-order chi connectivity index (χ0) is 47.6. The summed E-state index contributed by atoms with van der Waals surface area (Å²) in [7, 11) is 0. The third-order valence-electron chi connectivity index (χ3n) is 13.2. The lowest BCUT2D eigenvalue weighted by Gasteiger charge is -2.40. The number of carbonyl (C=O) groups excluding carboxylic acids is 1. The van der Waals surface area contributed by atoms with Crippen LogP contribution in [0.3, 0.4) is 0 Å². The quantitative estimate of drug-likeness (QED) is 0.0216. The Bertz CT molecular complexity index is 1110. The highest BCUT2D eigenvalue weighted by Gasteiger charge is 2.44. The topological polar surface area (TPSA) is 189 Å².